The molecule has 0 bridgehead atoms. The fraction of sp³-hybridized carbons (Fsp3) is 0.143. The third-order valence-corrected chi connectivity index (χ3v) is 3.46. The smallest absolute Gasteiger partial charge is 0.255 e. The van der Waals surface area contributed by atoms with Crippen molar-refractivity contribution in [3.05, 3.63) is 24.3 Å². The minimum atomic E-state index is -0.911. The van der Waals surface area contributed by atoms with Crippen molar-refractivity contribution in [1.29, 1.82) is 0 Å². The van der Waals surface area contributed by atoms with Gasteiger partial charge >= 0.3 is 0 Å². The SMILES string of the molecule is CNc1cccc([S+]([O-])I)c1. The zero-order chi connectivity index (χ0) is 8.27. The minimum Gasteiger partial charge on any atom is -0.604 e. The summed E-state index contributed by atoms with van der Waals surface area (Å²) in [5.41, 5.74) is 0.993. The lowest BCUT2D eigenvalue weighted by atomic mass is 10.3. The highest BCUT2D eigenvalue weighted by molar-refractivity contribution is 14.2. The van der Waals surface area contributed by atoms with Crippen molar-refractivity contribution in [2.24, 2.45) is 0 Å². The third kappa shape index (κ3) is 2.53. The quantitative estimate of drug-likeness (QED) is 0.666. The standard InChI is InChI=1S/C7H8INOS/c1-9-6-3-2-4-7(5-6)11(8)10/h2-5,9H,1H3. The molecular weight excluding hydrogens is 273 g/mol. The van der Waals surface area contributed by atoms with Crippen molar-refractivity contribution < 1.29 is 4.55 Å². The van der Waals surface area contributed by atoms with E-state index in [1.807, 2.05) is 52.5 Å². The molecule has 1 N–H and O–H groups in total. The van der Waals surface area contributed by atoms with Gasteiger partial charge in [-0.05, 0) is 12.1 Å². The van der Waals surface area contributed by atoms with Gasteiger partial charge in [-0.1, -0.05) is 6.07 Å². The Labute approximate surface area is 81.1 Å². The van der Waals surface area contributed by atoms with Crippen LogP contribution < -0.4 is 5.32 Å². The first-order chi connectivity index (χ1) is 5.24. The molecule has 0 heterocycles. The molecule has 0 aromatic heterocycles. The van der Waals surface area contributed by atoms with Gasteiger partial charge in [-0.15, -0.1) is 0 Å². The molecule has 0 aliphatic heterocycles. The minimum absolute atomic E-state index is 0.845. The van der Waals surface area contributed by atoms with Crippen LogP contribution in [0.25, 0.3) is 0 Å². The highest BCUT2D eigenvalue weighted by atomic mass is 127. The molecule has 0 spiro atoms. The molecule has 0 amide bonds. The van der Waals surface area contributed by atoms with E-state index >= 15 is 0 Å². The Morgan fingerprint density at radius 3 is 2.82 bits per heavy atom. The van der Waals surface area contributed by atoms with E-state index in [9.17, 15) is 4.55 Å². The number of rotatable bonds is 2. The molecule has 0 aliphatic carbocycles. The highest BCUT2D eigenvalue weighted by Gasteiger charge is 2.05. The van der Waals surface area contributed by atoms with Crippen LogP contribution in [0.5, 0.6) is 0 Å². The zero-order valence-corrected chi connectivity index (χ0v) is 8.98. The maximum atomic E-state index is 11.0. The molecule has 1 aromatic rings. The molecule has 4 heteroatoms. The van der Waals surface area contributed by atoms with Crippen molar-refractivity contribution >= 4 is 35.2 Å². The van der Waals surface area contributed by atoms with Crippen LogP contribution in [0.15, 0.2) is 29.2 Å². The van der Waals surface area contributed by atoms with Crippen molar-refractivity contribution in [2.75, 3.05) is 12.4 Å². The summed E-state index contributed by atoms with van der Waals surface area (Å²) in [7, 11) is 0.932. The summed E-state index contributed by atoms with van der Waals surface area (Å²) < 4.78 is 11.0. The van der Waals surface area contributed by atoms with E-state index in [1.54, 1.807) is 0 Å². The summed E-state index contributed by atoms with van der Waals surface area (Å²) in [6, 6.07) is 7.55. The van der Waals surface area contributed by atoms with E-state index in [4.69, 9.17) is 0 Å². The van der Waals surface area contributed by atoms with E-state index in [0.717, 1.165) is 10.6 Å². The van der Waals surface area contributed by atoms with Crippen LogP contribution in [-0.4, -0.2) is 11.6 Å². The van der Waals surface area contributed by atoms with Crippen molar-refractivity contribution in [2.45, 2.75) is 4.90 Å². The van der Waals surface area contributed by atoms with Gasteiger partial charge in [0.15, 0.2) is 4.90 Å². The molecule has 0 saturated carbocycles. The number of hydrogen-bond donors (Lipinski definition) is 1. The zero-order valence-electron chi connectivity index (χ0n) is 6.00. The number of hydrogen-bond acceptors (Lipinski definition) is 2. The average Bonchev–Trinajstić information content (AvgIpc) is 2.05. The Hall–Kier alpha value is 0.0600. The lowest BCUT2D eigenvalue weighted by molar-refractivity contribution is 0.611. The van der Waals surface area contributed by atoms with Gasteiger partial charge in [0.25, 0.3) is 21.2 Å². The van der Waals surface area contributed by atoms with E-state index in [1.165, 1.54) is 0 Å². The second-order valence-corrected chi connectivity index (χ2v) is 5.32. The molecule has 0 radical (unpaired) electrons. The van der Waals surface area contributed by atoms with Crippen LogP contribution >= 0.6 is 21.2 Å². The molecule has 1 atom stereocenters. The van der Waals surface area contributed by atoms with Crippen molar-refractivity contribution in [3.63, 3.8) is 0 Å². The molecule has 1 unspecified atom stereocenters. The first-order valence-corrected chi connectivity index (χ1v) is 6.79. The Balaban J connectivity index is 2.91. The van der Waals surface area contributed by atoms with E-state index < -0.39 is 8.35 Å². The predicted molar refractivity (Wildman–Crippen MR) is 56.4 cm³/mol. The van der Waals surface area contributed by atoms with Crippen molar-refractivity contribution in [1.82, 2.24) is 0 Å². The molecule has 2 nitrogen and oxygen atoms in total. The van der Waals surface area contributed by atoms with Gasteiger partial charge in [0.2, 0.25) is 0 Å². The largest absolute Gasteiger partial charge is 0.604 e. The van der Waals surface area contributed by atoms with E-state index in [-0.39, 0.29) is 0 Å². The molecule has 0 aliphatic rings. The molecule has 1 rings (SSSR count). The van der Waals surface area contributed by atoms with Gasteiger partial charge in [0.05, 0.1) is 8.35 Å². The predicted octanol–water partition coefficient (Wildman–Crippen LogP) is 2.19. The summed E-state index contributed by atoms with van der Waals surface area (Å²) in [6.45, 7) is 0. The number of nitrogens with one attached hydrogen (secondary N) is 1. The summed E-state index contributed by atoms with van der Waals surface area (Å²) in [5.74, 6) is 0. The summed E-state index contributed by atoms with van der Waals surface area (Å²) in [6.07, 6.45) is 0. The van der Waals surface area contributed by atoms with Gasteiger partial charge in [-0.25, -0.2) is 0 Å². The first-order valence-electron chi connectivity index (χ1n) is 3.10. The van der Waals surface area contributed by atoms with Gasteiger partial charge < -0.3 is 9.87 Å². The molecule has 1 aromatic carbocycles. The highest BCUT2D eigenvalue weighted by Crippen LogP contribution is 2.20. The molecular formula is C7H8INOS. The van der Waals surface area contributed by atoms with Crippen LogP contribution in [0.2, 0.25) is 0 Å². The monoisotopic (exact) mass is 281 g/mol. The number of anilines is 1. The molecule has 11 heavy (non-hydrogen) atoms. The average molecular weight is 281 g/mol. The molecule has 0 fully saturated rings. The summed E-state index contributed by atoms with van der Waals surface area (Å²) >= 11 is 1.89. The maximum Gasteiger partial charge on any atom is 0.255 e. The van der Waals surface area contributed by atoms with Gasteiger partial charge in [0.1, 0.15) is 0 Å². The van der Waals surface area contributed by atoms with Gasteiger partial charge in [0, 0.05) is 18.8 Å². The maximum absolute atomic E-state index is 11.0. The normalized spacial score (nSPS) is 12.6. The summed E-state index contributed by atoms with van der Waals surface area (Å²) in [5, 5.41) is 2.98. The topological polar surface area (TPSA) is 35.1 Å². The van der Waals surface area contributed by atoms with Crippen LogP contribution in [0, 0.1) is 0 Å². The lowest BCUT2D eigenvalue weighted by Gasteiger charge is -2.02. The Bertz CT molecular complexity index is 242. The van der Waals surface area contributed by atoms with E-state index in [0.29, 0.717) is 0 Å². The van der Waals surface area contributed by atoms with Crippen LogP contribution in [0.4, 0.5) is 5.69 Å². The Kier molecular flexibility index (Phi) is 3.47. The number of halogens is 1. The lowest BCUT2D eigenvalue weighted by Crippen LogP contribution is -1.92. The van der Waals surface area contributed by atoms with E-state index in [2.05, 4.69) is 5.32 Å². The molecule has 60 valence electrons. The third-order valence-electron chi connectivity index (χ3n) is 1.31. The first kappa shape index (κ1) is 9.15. The van der Waals surface area contributed by atoms with Crippen molar-refractivity contribution in [3.8, 4) is 0 Å². The van der Waals surface area contributed by atoms with Gasteiger partial charge in [-0.3, -0.25) is 0 Å². The Morgan fingerprint density at radius 1 is 1.55 bits per heavy atom. The summed E-state index contributed by atoms with van der Waals surface area (Å²) in [4.78, 5) is 0.845. The fourth-order valence-electron chi connectivity index (χ4n) is 0.751. The van der Waals surface area contributed by atoms with Crippen LogP contribution in [0.1, 0.15) is 0 Å². The van der Waals surface area contributed by atoms with Crippen LogP contribution in [0.3, 0.4) is 0 Å². The van der Waals surface area contributed by atoms with Gasteiger partial charge in [-0.2, -0.15) is 0 Å². The second-order valence-electron chi connectivity index (χ2n) is 2.00. The molecule has 0 saturated heterocycles. The number of benzene rings is 1. The fourth-order valence-corrected chi connectivity index (χ4v) is 1.98. The second kappa shape index (κ2) is 4.18. The Morgan fingerprint density at radius 2 is 2.27 bits per heavy atom. The van der Waals surface area contributed by atoms with Crippen LogP contribution in [-0.2, 0) is 8.35 Å².